The standard InChI is InChI=1S/C13H18N4O/c1-6-7(2)18-8(3)11(6)13-15-9-4-5-10(14)16-12(9)17-13/h4-8,11H,1-3H3,(H3,14,15,16,17). The number of imidazole rings is 1. The van der Waals surface area contributed by atoms with E-state index in [0.29, 0.717) is 17.4 Å². The van der Waals surface area contributed by atoms with E-state index in [4.69, 9.17) is 10.5 Å². The first kappa shape index (κ1) is 11.5. The number of nitrogen functional groups attached to an aromatic ring is 1. The molecule has 0 radical (unpaired) electrons. The fourth-order valence-corrected chi connectivity index (χ4v) is 2.82. The highest BCUT2D eigenvalue weighted by Crippen LogP contribution is 2.38. The maximum absolute atomic E-state index is 5.86. The zero-order valence-electron chi connectivity index (χ0n) is 10.8. The molecule has 4 atom stereocenters. The van der Waals surface area contributed by atoms with Crippen LogP contribution in [0.5, 0.6) is 0 Å². The average molecular weight is 246 g/mol. The SMILES string of the molecule is CC1OC(C)C(c2nc3nc(N)ccc3[nH]2)C1C. The first-order valence-corrected chi connectivity index (χ1v) is 6.34. The van der Waals surface area contributed by atoms with Crippen LogP contribution in [0.15, 0.2) is 12.1 Å². The number of fused-ring (bicyclic) bond motifs is 1. The number of nitrogens with two attached hydrogens (primary N) is 1. The molecule has 3 rings (SSSR count). The van der Waals surface area contributed by atoms with Crippen molar-refractivity contribution in [2.45, 2.75) is 38.9 Å². The smallest absolute Gasteiger partial charge is 0.179 e. The number of nitrogens with one attached hydrogen (secondary N) is 1. The fourth-order valence-electron chi connectivity index (χ4n) is 2.82. The van der Waals surface area contributed by atoms with E-state index in [1.807, 2.05) is 6.07 Å². The molecular weight excluding hydrogens is 228 g/mol. The van der Waals surface area contributed by atoms with Crippen molar-refractivity contribution in [3.63, 3.8) is 0 Å². The number of hydrogen-bond acceptors (Lipinski definition) is 4. The molecule has 3 N–H and O–H groups in total. The van der Waals surface area contributed by atoms with E-state index in [9.17, 15) is 0 Å². The first-order chi connectivity index (χ1) is 8.56. The van der Waals surface area contributed by atoms with Crippen LogP contribution in [0.3, 0.4) is 0 Å². The molecule has 0 aliphatic carbocycles. The predicted octanol–water partition coefficient (Wildman–Crippen LogP) is 2.07. The average Bonchev–Trinajstić information content (AvgIpc) is 2.80. The van der Waals surface area contributed by atoms with Crippen molar-refractivity contribution in [1.82, 2.24) is 15.0 Å². The molecule has 2 aromatic heterocycles. The summed E-state index contributed by atoms with van der Waals surface area (Å²) in [7, 11) is 0. The number of pyridine rings is 1. The van der Waals surface area contributed by atoms with Gasteiger partial charge in [0.05, 0.1) is 17.7 Å². The number of aromatic amines is 1. The minimum atomic E-state index is 0.174. The van der Waals surface area contributed by atoms with Crippen LogP contribution >= 0.6 is 0 Å². The van der Waals surface area contributed by atoms with Crippen LogP contribution in [-0.4, -0.2) is 27.2 Å². The Morgan fingerprint density at radius 1 is 1.17 bits per heavy atom. The number of H-pyrrole nitrogens is 1. The Labute approximate surface area is 106 Å². The molecule has 1 aliphatic rings. The minimum Gasteiger partial charge on any atom is -0.384 e. The fraction of sp³-hybridized carbons (Fsp3) is 0.538. The van der Waals surface area contributed by atoms with Crippen molar-refractivity contribution in [2.75, 3.05) is 5.73 Å². The number of aromatic nitrogens is 3. The van der Waals surface area contributed by atoms with E-state index >= 15 is 0 Å². The van der Waals surface area contributed by atoms with Gasteiger partial charge in [0, 0.05) is 5.92 Å². The Hall–Kier alpha value is -1.62. The molecule has 0 bridgehead atoms. The molecule has 3 heterocycles. The summed E-state index contributed by atoms with van der Waals surface area (Å²) >= 11 is 0. The summed E-state index contributed by atoms with van der Waals surface area (Å²) in [5, 5.41) is 0. The van der Waals surface area contributed by atoms with E-state index in [0.717, 1.165) is 11.3 Å². The summed E-state index contributed by atoms with van der Waals surface area (Å²) < 4.78 is 5.86. The Morgan fingerprint density at radius 3 is 2.61 bits per heavy atom. The summed E-state index contributed by atoms with van der Waals surface area (Å²) in [6.45, 7) is 6.41. The Kier molecular flexibility index (Phi) is 2.52. The van der Waals surface area contributed by atoms with Crippen molar-refractivity contribution < 1.29 is 4.74 Å². The van der Waals surface area contributed by atoms with E-state index < -0.39 is 0 Å². The summed E-state index contributed by atoms with van der Waals surface area (Å²) in [6.07, 6.45) is 0.434. The second-order valence-corrected chi connectivity index (χ2v) is 5.16. The predicted molar refractivity (Wildman–Crippen MR) is 70.2 cm³/mol. The van der Waals surface area contributed by atoms with Gasteiger partial charge in [-0.3, -0.25) is 0 Å². The molecular formula is C13H18N4O. The summed E-state index contributed by atoms with van der Waals surface area (Å²) in [5.74, 6) is 2.18. The van der Waals surface area contributed by atoms with Gasteiger partial charge in [-0.25, -0.2) is 9.97 Å². The lowest BCUT2D eigenvalue weighted by atomic mass is 9.89. The van der Waals surface area contributed by atoms with Gasteiger partial charge < -0.3 is 15.5 Å². The van der Waals surface area contributed by atoms with Crippen LogP contribution in [0, 0.1) is 5.92 Å². The van der Waals surface area contributed by atoms with Crippen molar-refractivity contribution in [2.24, 2.45) is 5.92 Å². The normalized spacial score (nSPS) is 32.2. The van der Waals surface area contributed by atoms with Crippen LogP contribution in [0.4, 0.5) is 5.82 Å². The molecule has 2 aromatic rings. The second kappa shape index (κ2) is 3.95. The second-order valence-electron chi connectivity index (χ2n) is 5.16. The van der Waals surface area contributed by atoms with E-state index in [2.05, 4.69) is 35.7 Å². The molecule has 0 amide bonds. The number of nitrogens with zero attached hydrogens (tertiary/aromatic N) is 2. The maximum Gasteiger partial charge on any atom is 0.179 e. The number of hydrogen-bond donors (Lipinski definition) is 2. The van der Waals surface area contributed by atoms with Gasteiger partial charge in [-0.15, -0.1) is 0 Å². The molecule has 1 saturated heterocycles. The molecule has 18 heavy (non-hydrogen) atoms. The molecule has 1 fully saturated rings. The van der Waals surface area contributed by atoms with Crippen molar-refractivity contribution in [1.29, 1.82) is 0 Å². The lowest BCUT2D eigenvalue weighted by Gasteiger charge is -2.15. The third kappa shape index (κ3) is 1.66. The number of rotatable bonds is 1. The maximum atomic E-state index is 5.86. The van der Waals surface area contributed by atoms with Gasteiger partial charge in [-0.05, 0) is 31.9 Å². The highest BCUT2D eigenvalue weighted by Gasteiger charge is 2.39. The molecule has 5 nitrogen and oxygen atoms in total. The van der Waals surface area contributed by atoms with Gasteiger partial charge in [0.25, 0.3) is 0 Å². The van der Waals surface area contributed by atoms with Crippen LogP contribution in [-0.2, 0) is 4.74 Å². The minimum absolute atomic E-state index is 0.174. The van der Waals surface area contributed by atoms with Crippen molar-refractivity contribution in [3.05, 3.63) is 18.0 Å². The first-order valence-electron chi connectivity index (χ1n) is 6.34. The summed E-state index contributed by atoms with van der Waals surface area (Å²) in [6, 6.07) is 3.70. The number of anilines is 1. The van der Waals surface area contributed by atoms with E-state index in [-0.39, 0.29) is 18.1 Å². The molecule has 5 heteroatoms. The summed E-state index contributed by atoms with van der Waals surface area (Å²) in [4.78, 5) is 12.1. The molecule has 96 valence electrons. The van der Waals surface area contributed by atoms with Crippen LogP contribution in [0.2, 0.25) is 0 Å². The third-order valence-corrected chi connectivity index (χ3v) is 3.94. The van der Waals surface area contributed by atoms with Crippen LogP contribution in [0.1, 0.15) is 32.5 Å². The van der Waals surface area contributed by atoms with Gasteiger partial charge in [-0.1, -0.05) is 6.92 Å². The lowest BCUT2D eigenvalue weighted by molar-refractivity contribution is 0.0554. The molecule has 4 unspecified atom stereocenters. The van der Waals surface area contributed by atoms with Gasteiger partial charge >= 0.3 is 0 Å². The highest BCUT2D eigenvalue weighted by molar-refractivity contribution is 5.72. The van der Waals surface area contributed by atoms with E-state index in [1.165, 1.54) is 0 Å². The lowest BCUT2D eigenvalue weighted by Crippen LogP contribution is -2.16. The molecule has 0 saturated carbocycles. The highest BCUT2D eigenvalue weighted by atomic mass is 16.5. The van der Waals surface area contributed by atoms with Crippen molar-refractivity contribution >= 4 is 17.0 Å². The van der Waals surface area contributed by atoms with Crippen LogP contribution in [0.25, 0.3) is 11.2 Å². The monoisotopic (exact) mass is 246 g/mol. The molecule has 0 aromatic carbocycles. The Morgan fingerprint density at radius 2 is 1.94 bits per heavy atom. The topological polar surface area (TPSA) is 76.8 Å². The largest absolute Gasteiger partial charge is 0.384 e. The van der Waals surface area contributed by atoms with Gasteiger partial charge in [-0.2, -0.15) is 0 Å². The molecule has 1 aliphatic heterocycles. The van der Waals surface area contributed by atoms with Gasteiger partial charge in [0.15, 0.2) is 5.65 Å². The Bertz CT molecular complexity index is 579. The van der Waals surface area contributed by atoms with Crippen molar-refractivity contribution in [3.8, 4) is 0 Å². The van der Waals surface area contributed by atoms with Gasteiger partial charge in [0.2, 0.25) is 0 Å². The summed E-state index contributed by atoms with van der Waals surface area (Å²) in [5.41, 5.74) is 7.29. The molecule has 0 spiro atoms. The zero-order chi connectivity index (χ0) is 12.9. The van der Waals surface area contributed by atoms with Gasteiger partial charge in [0.1, 0.15) is 11.6 Å². The third-order valence-electron chi connectivity index (χ3n) is 3.94. The number of ether oxygens (including phenoxy) is 1. The quantitative estimate of drug-likeness (QED) is 0.807. The zero-order valence-corrected chi connectivity index (χ0v) is 10.8. The van der Waals surface area contributed by atoms with E-state index in [1.54, 1.807) is 6.07 Å². The van der Waals surface area contributed by atoms with Crippen LogP contribution < -0.4 is 5.73 Å². The Balaban J connectivity index is 2.04.